The molecule has 2 heteroatoms. The fourth-order valence-corrected chi connectivity index (χ4v) is 3.14. The van der Waals surface area contributed by atoms with Gasteiger partial charge in [-0.05, 0) is 47.0 Å². The Kier molecular flexibility index (Phi) is 4.57. The molecule has 4 rings (SSSR count). The maximum absolute atomic E-state index is 4.82. The number of nitrogens with zero attached hydrogens (tertiary/aromatic N) is 2. The van der Waals surface area contributed by atoms with Gasteiger partial charge in [0.05, 0.1) is 12.2 Å². The molecule has 26 heavy (non-hydrogen) atoms. The fraction of sp³-hybridized carbons (Fsp3) is 0.0833. The van der Waals surface area contributed by atoms with Gasteiger partial charge in [0.1, 0.15) is 0 Å². The highest BCUT2D eigenvalue weighted by Gasteiger charge is 2.05. The zero-order chi connectivity index (χ0) is 17.8. The van der Waals surface area contributed by atoms with Crippen LogP contribution in [0, 0.1) is 0 Å². The molecule has 1 aromatic heterocycles. The van der Waals surface area contributed by atoms with Crippen LogP contribution >= 0.6 is 0 Å². The zero-order valence-corrected chi connectivity index (χ0v) is 14.8. The van der Waals surface area contributed by atoms with Crippen molar-refractivity contribution in [3.8, 4) is 11.3 Å². The van der Waals surface area contributed by atoms with Gasteiger partial charge in [-0.3, -0.25) is 9.98 Å². The monoisotopic (exact) mass is 336 g/mol. The lowest BCUT2D eigenvalue weighted by atomic mass is 10.0. The minimum absolute atomic E-state index is 0.670. The summed E-state index contributed by atoms with van der Waals surface area (Å²) in [7, 11) is 0. The van der Waals surface area contributed by atoms with Crippen LogP contribution in [0.3, 0.4) is 0 Å². The Hall–Kier alpha value is -3.26. The van der Waals surface area contributed by atoms with Crippen molar-refractivity contribution in [2.24, 2.45) is 4.99 Å². The Morgan fingerprint density at radius 1 is 0.846 bits per heavy atom. The lowest BCUT2D eigenvalue weighted by Gasteiger charge is -2.08. The van der Waals surface area contributed by atoms with E-state index < -0.39 is 0 Å². The highest BCUT2D eigenvalue weighted by Crippen LogP contribution is 2.26. The highest BCUT2D eigenvalue weighted by atomic mass is 14.7. The van der Waals surface area contributed by atoms with Crippen molar-refractivity contribution in [2.45, 2.75) is 13.5 Å². The maximum Gasteiger partial charge on any atom is 0.0702 e. The predicted molar refractivity (Wildman–Crippen MR) is 110 cm³/mol. The Labute approximate surface area is 153 Å². The number of benzene rings is 3. The van der Waals surface area contributed by atoms with Crippen LogP contribution in [0.4, 0.5) is 0 Å². The van der Waals surface area contributed by atoms with E-state index in [0.29, 0.717) is 6.54 Å². The topological polar surface area (TPSA) is 25.2 Å². The molecule has 0 saturated carbocycles. The molecule has 0 saturated heterocycles. The van der Waals surface area contributed by atoms with E-state index in [2.05, 4.69) is 60.4 Å². The number of fused-ring (bicyclic) bond motifs is 1. The van der Waals surface area contributed by atoms with Crippen molar-refractivity contribution in [3.63, 3.8) is 0 Å². The largest absolute Gasteiger partial charge is 0.285 e. The Bertz CT molecular complexity index is 1050. The molecule has 1 heterocycles. The lowest BCUT2D eigenvalue weighted by Crippen LogP contribution is -1.96. The molecule has 3 aromatic carbocycles. The molecule has 0 radical (unpaired) electrons. The van der Waals surface area contributed by atoms with Gasteiger partial charge >= 0.3 is 0 Å². The molecule has 126 valence electrons. The lowest BCUT2D eigenvalue weighted by molar-refractivity contribution is 1.08. The summed E-state index contributed by atoms with van der Waals surface area (Å²) in [5.41, 5.74) is 5.59. The van der Waals surface area contributed by atoms with E-state index in [1.807, 2.05) is 42.6 Å². The van der Waals surface area contributed by atoms with Crippen molar-refractivity contribution in [3.05, 3.63) is 102 Å². The summed E-state index contributed by atoms with van der Waals surface area (Å²) in [6.45, 7) is 2.74. The Morgan fingerprint density at radius 3 is 2.50 bits per heavy atom. The molecule has 0 N–H and O–H groups in total. The molecule has 0 bridgehead atoms. The smallest absolute Gasteiger partial charge is 0.0702 e. The van der Waals surface area contributed by atoms with Gasteiger partial charge in [-0.2, -0.15) is 0 Å². The third kappa shape index (κ3) is 3.40. The Morgan fingerprint density at radius 2 is 1.69 bits per heavy atom. The molecule has 0 fully saturated rings. The van der Waals surface area contributed by atoms with Crippen LogP contribution in [0.5, 0.6) is 0 Å². The van der Waals surface area contributed by atoms with E-state index in [1.54, 1.807) is 0 Å². The molecule has 4 aromatic rings. The van der Waals surface area contributed by atoms with Crippen molar-refractivity contribution in [2.75, 3.05) is 0 Å². The molecular weight excluding hydrogens is 316 g/mol. The minimum atomic E-state index is 0.670. The molecule has 0 aliphatic carbocycles. The van der Waals surface area contributed by atoms with Gasteiger partial charge in [0.15, 0.2) is 0 Å². The van der Waals surface area contributed by atoms with E-state index in [1.165, 1.54) is 21.9 Å². The molecular formula is C24H20N2. The first-order chi connectivity index (χ1) is 12.8. The fourth-order valence-electron chi connectivity index (χ4n) is 3.14. The first-order valence-corrected chi connectivity index (χ1v) is 8.81. The highest BCUT2D eigenvalue weighted by molar-refractivity contribution is 5.98. The summed E-state index contributed by atoms with van der Waals surface area (Å²) in [6, 6.07) is 29.3. The predicted octanol–water partition coefficient (Wildman–Crippen LogP) is 5.91. The summed E-state index contributed by atoms with van der Waals surface area (Å²) in [5.74, 6) is 0. The van der Waals surface area contributed by atoms with E-state index in [-0.39, 0.29) is 0 Å². The van der Waals surface area contributed by atoms with Crippen LogP contribution < -0.4 is 0 Å². The number of hydrogen-bond acceptors (Lipinski definition) is 2. The zero-order valence-electron chi connectivity index (χ0n) is 14.8. The van der Waals surface area contributed by atoms with Crippen molar-refractivity contribution in [1.29, 1.82) is 0 Å². The van der Waals surface area contributed by atoms with Crippen LogP contribution in [0.15, 0.2) is 96.1 Å². The van der Waals surface area contributed by atoms with E-state index in [0.717, 1.165) is 17.0 Å². The summed E-state index contributed by atoms with van der Waals surface area (Å²) < 4.78 is 0. The first-order valence-electron chi connectivity index (χ1n) is 8.81. The average molecular weight is 336 g/mol. The average Bonchev–Trinajstić information content (AvgIpc) is 2.73. The number of hydrogen-bond donors (Lipinski definition) is 0. The molecule has 0 unspecified atom stereocenters. The van der Waals surface area contributed by atoms with Gasteiger partial charge in [0.25, 0.3) is 0 Å². The second-order valence-electron chi connectivity index (χ2n) is 6.34. The summed E-state index contributed by atoms with van der Waals surface area (Å²) >= 11 is 0. The number of pyridine rings is 1. The molecule has 0 aliphatic heterocycles. The number of aromatic nitrogens is 1. The van der Waals surface area contributed by atoms with Gasteiger partial charge in [0, 0.05) is 17.5 Å². The van der Waals surface area contributed by atoms with Crippen LogP contribution in [-0.4, -0.2) is 10.7 Å². The number of rotatable bonds is 4. The van der Waals surface area contributed by atoms with Crippen LogP contribution in [0.1, 0.15) is 18.1 Å². The SMILES string of the molecule is CC(=NCc1cccc2ccc(-c3ccccn3)cc12)c1ccccc1. The van der Waals surface area contributed by atoms with Gasteiger partial charge in [-0.15, -0.1) is 0 Å². The van der Waals surface area contributed by atoms with E-state index >= 15 is 0 Å². The van der Waals surface area contributed by atoms with E-state index in [9.17, 15) is 0 Å². The summed E-state index contributed by atoms with van der Waals surface area (Å²) in [6.07, 6.45) is 1.83. The van der Waals surface area contributed by atoms with Crippen molar-refractivity contribution < 1.29 is 0 Å². The van der Waals surface area contributed by atoms with Crippen molar-refractivity contribution in [1.82, 2.24) is 4.98 Å². The molecule has 2 nitrogen and oxygen atoms in total. The van der Waals surface area contributed by atoms with Crippen LogP contribution in [0.25, 0.3) is 22.0 Å². The quantitative estimate of drug-likeness (QED) is 0.425. The first kappa shape index (κ1) is 16.2. The Balaban J connectivity index is 1.71. The molecule has 0 atom stereocenters. The van der Waals surface area contributed by atoms with Gasteiger partial charge in [-0.25, -0.2) is 0 Å². The molecule has 0 spiro atoms. The molecule has 0 amide bonds. The third-order valence-corrected chi connectivity index (χ3v) is 4.61. The minimum Gasteiger partial charge on any atom is -0.285 e. The van der Waals surface area contributed by atoms with Crippen LogP contribution in [-0.2, 0) is 6.54 Å². The number of aliphatic imine (C=N–C) groups is 1. The normalized spacial score (nSPS) is 11.7. The van der Waals surface area contributed by atoms with Gasteiger partial charge in [-0.1, -0.05) is 66.7 Å². The standard InChI is InChI=1S/C24H20N2/c1-18(19-8-3-2-4-9-19)26-17-22-11-7-10-20-13-14-21(16-23(20)22)24-12-5-6-15-25-24/h2-16H,17H2,1H3. The second kappa shape index (κ2) is 7.32. The van der Waals surface area contributed by atoms with Crippen molar-refractivity contribution >= 4 is 16.5 Å². The van der Waals surface area contributed by atoms with Gasteiger partial charge in [0.2, 0.25) is 0 Å². The van der Waals surface area contributed by atoms with E-state index in [4.69, 9.17) is 4.99 Å². The maximum atomic E-state index is 4.82. The third-order valence-electron chi connectivity index (χ3n) is 4.61. The van der Waals surface area contributed by atoms with Crippen LogP contribution in [0.2, 0.25) is 0 Å². The second-order valence-corrected chi connectivity index (χ2v) is 6.34. The summed E-state index contributed by atoms with van der Waals surface area (Å²) in [5, 5.41) is 2.47. The summed E-state index contributed by atoms with van der Waals surface area (Å²) in [4.78, 5) is 9.29. The van der Waals surface area contributed by atoms with Gasteiger partial charge < -0.3 is 0 Å². The molecule has 0 aliphatic rings.